The highest BCUT2D eigenvalue weighted by molar-refractivity contribution is 7.93. The van der Waals surface area contributed by atoms with Gasteiger partial charge in [-0.05, 0) is 66.7 Å². The first-order valence-electron chi connectivity index (χ1n) is 11.3. The van der Waals surface area contributed by atoms with Crippen LogP contribution in [0.5, 0.6) is 0 Å². The van der Waals surface area contributed by atoms with E-state index in [1.54, 1.807) is 18.2 Å². The topological polar surface area (TPSA) is 113 Å². The lowest BCUT2D eigenvalue weighted by Gasteiger charge is -2.31. The Labute approximate surface area is 234 Å². The number of carbonyl (C=O) groups is 1. The fourth-order valence-corrected chi connectivity index (χ4v) is 7.34. The summed E-state index contributed by atoms with van der Waals surface area (Å²) in [4.78, 5) is 12.8. The zero-order valence-electron chi connectivity index (χ0n) is 19.7. The van der Waals surface area contributed by atoms with Crippen molar-refractivity contribution in [1.82, 2.24) is 0 Å². The van der Waals surface area contributed by atoms with Gasteiger partial charge in [0.05, 0.1) is 26.2 Å². The molecule has 0 saturated heterocycles. The summed E-state index contributed by atoms with van der Waals surface area (Å²) in [6.45, 7) is -0.591. The summed E-state index contributed by atoms with van der Waals surface area (Å²) in [5, 5.41) is 3.03. The molecule has 0 radical (unpaired) electrons. The molecule has 200 valence electrons. The van der Waals surface area contributed by atoms with Gasteiger partial charge in [0, 0.05) is 21.8 Å². The highest BCUT2D eigenvalue weighted by Crippen LogP contribution is 2.43. The van der Waals surface area contributed by atoms with Crippen LogP contribution in [0.15, 0.2) is 94.7 Å². The van der Waals surface area contributed by atoms with Crippen molar-refractivity contribution < 1.29 is 26.0 Å². The lowest BCUT2D eigenvalue weighted by Crippen LogP contribution is -2.40. The number of fused-ring (bicyclic) bond motifs is 3. The second-order valence-electron chi connectivity index (χ2n) is 8.47. The van der Waals surface area contributed by atoms with Crippen LogP contribution in [0.3, 0.4) is 0 Å². The van der Waals surface area contributed by atoms with Crippen LogP contribution < -0.4 is 14.3 Å². The minimum absolute atomic E-state index is 0.0428. The van der Waals surface area contributed by atoms with E-state index in [9.17, 15) is 26.0 Å². The monoisotopic (exact) mass is 605 g/mol. The van der Waals surface area contributed by atoms with E-state index in [2.05, 4.69) is 10.0 Å². The van der Waals surface area contributed by atoms with E-state index in [0.717, 1.165) is 10.4 Å². The summed E-state index contributed by atoms with van der Waals surface area (Å²) in [7, 11) is -8.12. The Morgan fingerprint density at radius 2 is 1.62 bits per heavy atom. The fourth-order valence-electron chi connectivity index (χ4n) is 4.10. The number of nitrogens with zero attached hydrogens (tertiary/aromatic N) is 1. The van der Waals surface area contributed by atoms with E-state index in [1.807, 2.05) is 0 Å². The maximum Gasteiger partial charge on any atom is 0.265 e. The lowest BCUT2D eigenvalue weighted by atomic mass is 10.0. The summed E-state index contributed by atoms with van der Waals surface area (Å²) in [6, 6.07) is 19.4. The van der Waals surface area contributed by atoms with Crippen LogP contribution in [0.4, 0.5) is 21.5 Å². The molecule has 1 heterocycles. The van der Waals surface area contributed by atoms with Crippen LogP contribution in [-0.4, -0.2) is 29.3 Å². The maximum atomic E-state index is 14.0. The Kier molecular flexibility index (Phi) is 7.02. The molecule has 0 bridgehead atoms. The van der Waals surface area contributed by atoms with Gasteiger partial charge in [-0.1, -0.05) is 41.4 Å². The Morgan fingerprint density at radius 3 is 2.33 bits per heavy atom. The summed E-state index contributed by atoms with van der Waals surface area (Å²) >= 11 is 11.9. The van der Waals surface area contributed by atoms with Gasteiger partial charge in [0.25, 0.3) is 20.0 Å². The maximum absolute atomic E-state index is 14.0. The number of rotatable bonds is 6. The van der Waals surface area contributed by atoms with Crippen molar-refractivity contribution in [2.75, 3.05) is 20.9 Å². The number of anilines is 3. The van der Waals surface area contributed by atoms with Gasteiger partial charge in [-0.15, -0.1) is 0 Å². The van der Waals surface area contributed by atoms with Crippen LogP contribution in [0.2, 0.25) is 10.0 Å². The number of sulfonamides is 2. The highest BCUT2D eigenvalue weighted by atomic mass is 35.5. The first-order valence-corrected chi connectivity index (χ1v) is 14.9. The predicted octanol–water partition coefficient (Wildman–Crippen LogP) is 5.75. The van der Waals surface area contributed by atoms with E-state index in [1.165, 1.54) is 60.7 Å². The van der Waals surface area contributed by atoms with Crippen LogP contribution >= 0.6 is 23.2 Å². The van der Waals surface area contributed by atoms with Crippen molar-refractivity contribution in [3.63, 3.8) is 0 Å². The Morgan fingerprint density at radius 1 is 0.897 bits per heavy atom. The third-order valence-electron chi connectivity index (χ3n) is 5.88. The van der Waals surface area contributed by atoms with E-state index in [0.29, 0.717) is 16.1 Å². The molecule has 0 atom stereocenters. The van der Waals surface area contributed by atoms with Gasteiger partial charge in [0.15, 0.2) is 0 Å². The third-order valence-corrected chi connectivity index (χ3v) is 9.63. The van der Waals surface area contributed by atoms with Crippen molar-refractivity contribution >= 4 is 66.2 Å². The van der Waals surface area contributed by atoms with Crippen molar-refractivity contribution in [2.45, 2.75) is 9.79 Å². The summed E-state index contributed by atoms with van der Waals surface area (Å²) in [5.74, 6) is -1.23. The molecule has 0 unspecified atom stereocenters. The van der Waals surface area contributed by atoms with E-state index >= 15 is 0 Å². The SMILES string of the molecule is O=C(CN1c2ccc(F)cc2-c2ccccc2S1(=O)=O)Nc1ccc(S(=O)(=O)Nc2ccc(Cl)cc2Cl)cc1. The first kappa shape index (κ1) is 26.9. The van der Waals surface area contributed by atoms with E-state index < -0.39 is 38.3 Å². The molecule has 0 aromatic heterocycles. The highest BCUT2D eigenvalue weighted by Gasteiger charge is 2.36. The standard InChI is InChI=1S/C26H18Cl2FN3O5S2/c27-16-5-11-23(22(28)13-16)31-38(34,35)19-9-7-18(8-10-19)30-26(33)15-32-24-12-6-17(29)14-21(24)20-3-1-2-4-25(20)39(32,36)37/h1-14,31H,15H2,(H,30,33). The van der Waals surface area contributed by atoms with Gasteiger partial charge < -0.3 is 5.32 Å². The number of nitrogens with one attached hydrogen (secondary N) is 2. The molecule has 4 aromatic rings. The molecule has 8 nitrogen and oxygen atoms in total. The van der Waals surface area contributed by atoms with E-state index in [4.69, 9.17) is 23.2 Å². The van der Waals surface area contributed by atoms with Crippen molar-refractivity contribution in [3.05, 3.63) is 101 Å². The molecule has 4 aromatic carbocycles. The number of benzene rings is 4. The first-order chi connectivity index (χ1) is 18.5. The largest absolute Gasteiger partial charge is 0.325 e. The average molecular weight is 606 g/mol. The normalized spacial score (nSPS) is 13.8. The Balaban J connectivity index is 1.35. The molecule has 2 N–H and O–H groups in total. The molecule has 0 aliphatic carbocycles. The molecule has 0 spiro atoms. The van der Waals surface area contributed by atoms with Gasteiger partial charge >= 0.3 is 0 Å². The Hall–Kier alpha value is -3.64. The number of hydrogen-bond acceptors (Lipinski definition) is 5. The van der Waals surface area contributed by atoms with Gasteiger partial charge in [-0.2, -0.15) is 0 Å². The van der Waals surface area contributed by atoms with Gasteiger partial charge in [-0.3, -0.25) is 13.8 Å². The molecular formula is C26H18Cl2FN3O5S2. The second-order valence-corrected chi connectivity index (χ2v) is 12.8. The average Bonchev–Trinajstić information content (AvgIpc) is 2.89. The van der Waals surface area contributed by atoms with Gasteiger partial charge in [-0.25, -0.2) is 21.2 Å². The zero-order chi connectivity index (χ0) is 27.9. The van der Waals surface area contributed by atoms with Crippen molar-refractivity contribution in [3.8, 4) is 11.1 Å². The van der Waals surface area contributed by atoms with E-state index in [-0.39, 0.29) is 31.9 Å². The predicted molar refractivity (Wildman–Crippen MR) is 149 cm³/mol. The third kappa shape index (κ3) is 5.30. The van der Waals surface area contributed by atoms with Gasteiger partial charge in [0.2, 0.25) is 5.91 Å². The van der Waals surface area contributed by atoms with Crippen LogP contribution in [0.1, 0.15) is 0 Å². The molecular weight excluding hydrogens is 588 g/mol. The number of amides is 1. The molecule has 5 rings (SSSR count). The smallest absolute Gasteiger partial charge is 0.265 e. The van der Waals surface area contributed by atoms with Crippen LogP contribution in [-0.2, 0) is 24.8 Å². The van der Waals surface area contributed by atoms with Crippen LogP contribution in [0.25, 0.3) is 11.1 Å². The lowest BCUT2D eigenvalue weighted by molar-refractivity contribution is -0.114. The molecule has 0 fully saturated rings. The molecule has 1 aliphatic rings. The zero-order valence-corrected chi connectivity index (χ0v) is 22.9. The summed E-state index contributed by atoms with van der Waals surface area (Å²) < 4.78 is 69.5. The Bertz CT molecular complexity index is 1830. The quantitative estimate of drug-likeness (QED) is 0.291. The molecule has 1 aliphatic heterocycles. The minimum atomic E-state index is -4.12. The number of hydrogen-bond donors (Lipinski definition) is 2. The minimum Gasteiger partial charge on any atom is -0.325 e. The molecule has 39 heavy (non-hydrogen) atoms. The number of halogens is 3. The molecule has 1 amide bonds. The molecule has 0 saturated carbocycles. The number of carbonyl (C=O) groups excluding carboxylic acids is 1. The van der Waals surface area contributed by atoms with Gasteiger partial charge in [0.1, 0.15) is 12.4 Å². The molecule has 13 heteroatoms. The fraction of sp³-hybridized carbons (Fsp3) is 0.0385. The second kappa shape index (κ2) is 10.2. The van der Waals surface area contributed by atoms with Crippen LogP contribution in [0, 0.1) is 5.82 Å². The summed E-state index contributed by atoms with van der Waals surface area (Å²) in [5.41, 5.74) is 1.23. The van der Waals surface area contributed by atoms with Crippen molar-refractivity contribution in [2.24, 2.45) is 0 Å². The van der Waals surface area contributed by atoms with Crippen molar-refractivity contribution in [1.29, 1.82) is 0 Å². The summed E-state index contributed by atoms with van der Waals surface area (Å²) in [6.07, 6.45) is 0.